The smallest absolute Gasteiger partial charge is 0.235 e. The Morgan fingerprint density at radius 1 is 1.19 bits per heavy atom. The molecule has 0 fully saturated rings. The van der Waals surface area contributed by atoms with Gasteiger partial charge < -0.3 is 5.73 Å². The normalized spacial score (nSPS) is 13.8. The quantitative estimate of drug-likeness (QED) is 0.846. The first-order valence-electron chi connectivity index (χ1n) is 5.20. The van der Waals surface area contributed by atoms with Crippen LogP contribution in [0.3, 0.4) is 0 Å². The van der Waals surface area contributed by atoms with Crippen molar-refractivity contribution in [1.29, 1.82) is 0 Å². The lowest BCUT2D eigenvalue weighted by molar-refractivity contribution is 0.592. The maximum absolute atomic E-state index is 11.7. The molecule has 90 valence electrons. The summed E-state index contributed by atoms with van der Waals surface area (Å²) in [6.45, 7) is 5.09. The van der Waals surface area contributed by atoms with E-state index in [0.29, 0.717) is 5.69 Å². The van der Waals surface area contributed by atoms with Gasteiger partial charge in [-0.25, -0.2) is 8.42 Å². The first-order chi connectivity index (χ1) is 7.34. The largest absolute Gasteiger partial charge is 0.324 e. The third-order valence-electron chi connectivity index (χ3n) is 2.32. The molecule has 0 aliphatic rings. The van der Waals surface area contributed by atoms with Gasteiger partial charge in [0.25, 0.3) is 0 Å². The molecule has 0 aromatic heterocycles. The van der Waals surface area contributed by atoms with Crippen molar-refractivity contribution in [3.63, 3.8) is 0 Å². The Morgan fingerprint density at radius 3 is 2.25 bits per heavy atom. The second kappa shape index (κ2) is 4.84. The van der Waals surface area contributed by atoms with Gasteiger partial charge in [-0.15, -0.1) is 0 Å². The molecule has 0 saturated heterocycles. The van der Waals surface area contributed by atoms with E-state index in [1.54, 1.807) is 26.0 Å². The molecule has 0 aliphatic carbocycles. The second-order valence-electron chi connectivity index (χ2n) is 4.07. The van der Waals surface area contributed by atoms with Gasteiger partial charge in [0, 0.05) is 6.04 Å². The van der Waals surface area contributed by atoms with Gasteiger partial charge in [0.15, 0.2) is 0 Å². The van der Waals surface area contributed by atoms with Crippen LogP contribution in [0.5, 0.6) is 0 Å². The molecule has 5 heteroatoms. The van der Waals surface area contributed by atoms with E-state index < -0.39 is 15.3 Å². The standard InChI is InChI=1S/C11H18N2O2S/c1-8(2)16(14,15)13-11-7-5-4-6-10(11)9(3)12/h4-9,13H,12H2,1-3H3. The van der Waals surface area contributed by atoms with Gasteiger partial charge in [0.2, 0.25) is 10.0 Å². The summed E-state index contributed by atoms with van der Waals surface area (Å²) in [4.78, 5) is 0. The number of hydrogen-bond acceptors (Lipinski definition) is 3. The molecule has 3 N–H and O–H groups in total. The molecule has 1 rings (SSSR count). The first kappa shape index (κ1) is 13.0. The Kier molecular flexibility index (Phi) is 3.93. The summed E-state index contributed by atoms with van der Waals surface area (Å²) in [7, 11) is -3.31. The van der Waals surface area contributed by atoms with Gasteiger partial charge in [0.05, 0.1) is 10.9 Å². The molecule has 4 nitrogen and oxygen atoms in total. The molecule has 0 bridgehead atoms. The highest BCUT2D eigenvalue weighted by Crippen LogP contribution is 2.22. The van der Waals surface area contributed by atoms with Crippen LogP contribution in [-0.4, -0.2) is 13.7 Å². The van der Waals surface area contributed by atoms with Gasteiger partial charge in [-0.2, -0.15) is 0 Å². The Balaban J connectivity index is 3.07. The molecule has 0 saturated carbocycles. The minimum atomic E-state index is -3.31. The van der Waals surface area contributed by atoms with Crippen LogP contribution in [0.1, 0.15) is 32.4 Å². The fourth-order valence-corrected chi connectivity index (χ4v) is 1.99. The van der Waals surface area contributed by atoms with Crippen LogP contribution >= 0.6 is 0 Å². The van der Waals surface area contributed by atoms with E-state index in [-0.39, 0.29) is 6.04 Å². The Labute approximate surface area is 96.9 Å². The molecule has 1 aromatic carbocycles. The van der Waals surface area contributed by atoms with E-state index in [1.165, 1.54) is 0 Å². The van der Waals surface area contributed by atoms with E-state index in [2.05, 4.69) is 4.72 Å². The molecule has 0 radical (unpaired) electrons. The summed E-state index contributed by atoms with van der Waals surface area (Å²) in [5.41, 5.74) is 7.13. The summed E-state index contributed by atoms with van der Waals surface area (Å²) in [6, 6.07) is 6.96. The number of para-hydroxylation sites is 1. The molecule has 1 unspecified atom stereocenters. The zero-order valence-corrected chi connectivity index (χ0v) is 10.6. The highest BCUT2D eigenvalue weighted by molar-refractivity contribution is 7.93. The lowest BCUT2D eigenvalue weighted by atomic mass is 10.1. The molecule has 0 heterocycles. The Bertz CT molecular complexity index is 453. The molecule has 16 heavy (non-hydrogen) atoms. The summed E-state index contributed by atoms with van der Waals surface area (Å²) >= 11 is 0. The van der Waals surface area contributed by atoms with E-state index in [9.17, 15) is 8.42 Å². The minimum absolute atomic E-state index is 0.203. The van der Waals surface area contributed by atoms with Crippen molar-refractivity contribution in [2.75, 3.05) is 4.72 Å². The highest BCUT2D eigenvalue weighted by Gasteiger charge is 2.17. The number of nitrogens with one attached hydrogen (secondary N) is 1. The maximum Gasteiger partial charge on any atom is 0.235 e. The van der Waals surface area contributed by atoms with Crippen LogP contribution in [0.2, 0.25) is 0 Å². The third-order valence-corrected chi connectivity index (χ3v) is 4.07. The number of anilines is 1. The Hall–Kier alpha value is -1.07. The average molecular weight is 242 g/mol. The average Bonchev–Trinajstić information content (AvgIpc) is 2.17. The van der Waals surface area contributed by atoms with Gasteiger partial charge in [-0.3, -0.25) is 4.72 Å². The number of nitrogens with two attached hydrogens (primary N) is 1. The van der Waals surface area contributed by atoms with E-state index in [0.717, 1.165) is 5.56 Å². The monoisotopic (exact) mass is 242 g/mol. The molecule has 1 atom stereocenters. The predicted octanol–water partition coefficient (Wildman–Crippen LogP) is 1.86. The van der Waals surface area contributed by atoms with Crippen LogP contribution in [0.4, 0.5) is 5.69 Å². The molecule has 1 aromatic rings. The molecule has 0 spiro atoms. The summed E-state index contributed by atoms with van der Waals surface area (Å²) in [5.74, 6) is 0. The van der Waals surface area contributed by atoms with E-state index in [4.69, 9.17) is 5.73 Å². The zero-order valence-electron chi connectivity index (χ0n) is 9.77. The highest BCUT2D eigenvalue weighted by atomic mass is 32.2. The van der Waals surface area contributed by atoms with Gasteiger partial charge >= 0.3 is 0 Å². The van der Waals surface area contributed by atoms with Crippen LogP contribution in [0.15, 0.2) is 24.3 Å². The van der Waals surface area contributed by atoms with Crippen molar-refractivity contribution in [3.8, 4) is 0 Å². The number of benzene rings is 1. The second-order valence-corrected chi connectivity index (χ2v) is 6.31. The lowest BCUT2D eigenvalue weighted by Crippen LogP contribution is -2.23. The minimum Gasteiger partial charge on any atom is -0.324 e. The van der Waals surface area contributed by atoms with Gasteiger partial charge in [0.1, 0.15) is 0 Å². The predicted molar refractivity (Wildman–Crippen MR) is 66.7 cm³/mol. The van der Waals surface area contributed by atoms with Crippen molar-refractivity contribution < 1.29 is 8.42 Å². The summed E-state index contributed by atoms with van der Waals surface area (Å²) < 4.78 is 26.0. The van der Waals surface area contributed by atoms with Crippen molar-refractivity contribution in [2.24, 2.45) is 5.73 Å². The third kappa shape index (κ3) is 2.96. The van der Waals surface area contributed by atoms with Crippen LogP contribution in [0.25, 0.3) is 0 Å². The van der Waals surface area contributed by atoms with Crippen molar-refractivity contribution in [2.45, 2.75) is 32.1 Å². The van der Waals surface area contributed by atoms with Gasteiger partial charge in [-0.05, 0) is 32.4 Å². The topological polar surface area (TPSA) is 72.2 Å². The van der Waals surface area contributed by atoms with Crippen molar-refractivity contribution in [3.05, 3.63) is 29.8 Å². The first-order valence-corrected chi connectivity index (χ1v) is 6.75. The van der Waals surface area contributed by atoms with Crippen LogP contribution < -0.4 is 10.5 Å². The molecule has 0 aliphatic heterocycles. The summed E-state index contributed by atoms with van der Waals surface area (Å²) in [6.07, 6.45) is 0. The fourth-order valence-electron chi connectivity index (χ4n) is 1.26. The summed E-state index contributed by atoms with van der Waals surface area (Å²) in [5, 5.41) is -0.464. The van der Waals surface area contributed by atoms with E-state index in [1.807, 2.05) is 19.1 Å². The molecular formula is C11H18N2O2S. The maximum atomic E-state index is 11.7. The number of hydrogen-bond donors (Lipinski definition) is 2. The van der Waals surface area contributed by atoms with E-state index >= 15 is 0 Å². The number of sulfonamides is 1. The zero-order chi connectivity index (χ0) is 12.3. The fraction of sp³-hybridized carbons (Fsp3) is 0.455. The van der Waals surface area contributed by atoms with Crippen molar-refractivity contribution in [1.82, 2.24) is 0 Å². The van der Waals surface area contributed by atoms with Crippen LogP contribution in [-0.2, 0) is 10.0 Å². The molecule has 0 amide bonds. The van der Waals surface area contributed by atoms with Crippen LogP contribution in [0, 0.1) is 0 Å². The van der Waals surface area contributed by atoms with Crippen molar-refractivity contribution >= 4 is 15.7 Å². The lowest BCUT2D eigenvalue weighted by Gasteiger charge is -2.16. The van der Waals surface area contributed by atoms with Gasteiger partial charge in [-0.1, -0.05) is 18.2 Å². The SMILES string of the molecule is CC(N)c1ccccc1NS(=O)(=O)C(C)C. The number of rotatable bonds is 4. The molecular weight excluding hydrogens is 224 g/mol. The Morgan fingerprint density at radius 2 is 1.75 bits per heavy atom.